The molecular weight excluding hydrogens is 480 g/mol. The number of fused-ring (bicyclic) bond motifs is 5. The van der Waals surface area contributed by atoms with Crippen LogP contribution in [0.3, 0.4) is 0 Å². The van der Waals surface area contributed by atoms with Crippen LogP contribution in [0.25, 0.3) is 0 Å². The summed E-state index contributed by atoms with van der Waals surface area (Å²) in [6.45, 7) is 11.7. The van der Waals surface area contributed by atoms with Crippen molar-refractivity contribution in [1.29, 1.82) is 0 Å². The molecule has 4 N–H and O–H groups in total. The summed E-state index contributed by atoms with van der Waals surface area (Å²) in [7, 11) is 0. The summed E-state index contributed by atoms with van der Waals surface area (Å²) in [6, 6.07) is 0. The number of aliphatic hydroxyl groups excluding tert-OH is 3. The topological polar surface area (TPSA) is 99.4 Å². The molecule has 6 heteroatoms. The van der Waals surface area contributed by atoms with Crippen molar-refractivity contribution in [2.45, 2.75) is 148 Å². The molecule has 5 aliphatic rings. The Balaban J connectivity index is 1.38. The fourth-order valence-electron chi connectivity index (χ4n) is 10.6. The number of rotatable bonds is 8. The first kappa shape index (κ1) is 29.3. The van der Waals surface area contributed by atoms with Gasteiger partial charge in [0.1, 0.15) is 18.3 Å². The van der Waals surface area contributed by atoms with Crippen molar-refractivity contribution in [3.05, 3.63) is 0 Å². The molecule has 1 saturated heterocycles. The second-order valence-corrected chi connectivity index (χ2v) is 15.0. The van der Waals surface area contributed by atoms with Crippen LogP contribution in [0.5, 0.6) is 0 Å². The van der Waals surface area contributed by atoms with Crippen LogP contribution in [-0.2, 0) is 9.47 Å². The highest BCUT2D eigenvalue weighted by Gasteiger charge is 2.67. The SMILES string of the molecule is CC(C)CCC[C@@H](C)[C@H]1CC[C@H]2[C@@H]3C[C@@H](O[C@H]4O[C@H](CO)[C@@H](O)[C@@H]4O)[C@@]4(O)CCCC[C@]4(C)[C@H]3CC[C@]12C. The van der Waals surface area contributed by atoms with Crippen LogP contribution in [-0.4, -0.2) is 63.3 Å². The highest BCUT2D eigenvalue weighted by Crippen LogP contribution is 2.69. The third-order valence-electron chi connectivity index (χ3n) is 12.8. The second-order valence-electron chi connectivity index (χ2n) is 15.0. The van der Waals surface area contributed by atoms with E-state index in [1.165, 1.54) is 44.9 Å². The molecule has 0 bridgehead atoms. The average Bonchev–Trinajstić information content (AvgIpc) is 3.36. The first-order valence-electron chi connectivity index (χ1n) is 16.0. The summed E-state index contributed by atoms with van der Waals surface area (Å²) in [5, 5.41) is 43.0. The lowest BCUT2D eigenvalue weighted by Gasteiger charge is -2.65. The van der Waals surface area contributed by atoms with Gasteiger partial charge in [0.05, 0.1) is 18.3 Å². The summed E-state index contributed by atoms with van der Waals surface area (Å²) < 4.78 is 12.2. The molecule has 6 nitrogen and oxygen atoms in total. The maximum Gasteiger partial charge on any atom is 0.187 e. The van der Waals surface area contributed by atoms with E-state index in [0.717, 1.165) is 43.4 Å². The molecule has 0 spiro atoms. The fourth-order valence-corrected chi connectivity index (χ4v) is 10.6. The normalized spacial score (nSPS) is 51.5. The quantitative estimate of drug-likeness (QED) is 0.347. The zero-order valence-electron chi connectivity index (χ0n) is 24.6. The van der Waals surface area contributed by atoms with Gasteiger partial charge < -0.3 is 29.9 Å². The minimum Gasteiger partial charge on any atom is -0.394 e. The standard InChI is InChI=1S/C32H56O6/c1-19(2)9-8-10-20(3)22-11-12-23-21-17-26(38-29-28(35)27(34)25(18-33)37-29)32(36)15-7-6-14-31(32,5)24(21)13-16-30(22,23)4/h19-29,33-36H,6-18H2,1-5H3/t20-,21+,22-,23+,24+,25-,26-,27-,28+,29-,30-,31-,32+/m1/s1. The van der Waals surface area contributed by atoms with Crippen LogP contribution in [0.1, 0.15) is 112 Å². The largest absolute Gasteiger partial charge is 0.394 e. The van der Waals surface area contributed by atoms with Gasteiger partial charge in [-0.25, -0.2) is 0 Å². The maximum absolute atomic E-state index is 12.4. The van der Waals surface area contributed by atoms with E-state index < -0.39 is 36.3 Å². The van der Waals surface area contributed by atoms with Crippen LogP contribution in [0.2, 0.25) is 0 Å². The van der Waals surface area contributed by atoms with Gasteiger partial charge in [0.15, 0.2) is 6.29 Å². The third-order valence-corrected chi connectivity index (χ3v) is 12.8. The van der Waals surface area contributed by atoms with E-state index in [1.54, 1.807) is 0 Å². The molecule has 1 aliphatic heterocycles. The number of aliphatic hydroxyl groups is 4. The Kier molecular flexibility index (Phi) is 8.37. The molecule has 5 fully saturated rings. The lowest BCUT2D eigenvalue weighted by atomic mass is 9.42. The molecule has 0 aromatic carbocycles. The Labute approximate surface area is 230 Å². The molecule has 13 atom stereocenters. The molecule has 0 amide bonds. The lowest BCUT2D eigenvalue weighted by molar-refractivity contribution is -0.303. The molecule has 5 rings (SSSR count). The summed E-state index contributed by atoms with van der Waals surface area (Å²) in [5.41, 5.74) is -0.849. The Morgan fingerprint density at radius 3 is 2.34 bits per heavy atom. The van der Waals surface area contributed by atoms with Gasteiger partial charge in [0, 0.05) is 5.41 Å². The second kappa shape index (κ2) is 10.9. The van der Waals surface area contributed by atoms with E-state index in [-0.39, 0.29) is 12.0 Å². The molecule has 220 valence electrons. The van der Waals surface area contributed by atoms with E-state index >= 15 is 0 Å². The van der Waals surface area contributed by atoms with Crippen molar-refractivity contribution < 1.29 is 29.9 Å². The van der Waals surface area contributed by atoms with E-state index in [2.05, 4.69) is 34.6 Å². The van der Waals surface area contributed by atoms with Gasteiger partial charge in [-0.2, -0.15) is 0 Å². The molecule has 0 aromatic rings. The van der Waals surface area contributed by atoms with Gasteiger partial charge >= 0.3 is 0 Å². The average molecular weight is 537 g/mol. The van der Waals surface area contributed by atoms with Crippen LogP contribution < -0.4 is 0 Å². The minimum absolute atomic E-state index is 0.223. The number of hydrogen-bond acceptors (Lipinski definition) is 6. The van der Waals surface area contributed by atoms with Crippen LogP contribution in [0, 0.1) is 46.3 Å². The van der Waals surface area contributed by atoms with E-state index in [4.69, 9.17) is 9.47 Å². The molecule has 1 heterocycles. The van der Waals surface area contributed by atoms with Crippen molar-refractivity contribution in [2.75, 3.05) is 6.61 Å². The smallest absolute Gasteiger partial charge is 0.187 e. The van der Waals surface area contributed by atoms with Crippen molar-refractivity contribution in [2.24, 2.45) is 46.3 Å². The van der Waals surface area contributed by atoms with Gasteiger partial charge in [0.25, 0.3) is 0 Å². The van der Waals surface area contributed by atoms with Crippen molar-refractivity contribution in [3.8, 4) is 0 Å². The van der Waals surface area contributed by atoms with Crippen LogP contribution in [0.15, 0.2) is 0 Å². The Morgan fingerprint density at radius 1 is 0.921 bits per heavy atom. The Hall–Kier alpha value is -0.240. The highest BCUT2D eigenvalue weighted by molar-refractivity contribution is 5.17. The fraction of sp³-hybridized carbons (Fsp3) is 1.00. The maximum atomic E-state index is 12.4. The molecule has 4 saturated carbocycles. The van der Waals surface area contributed by atoms with Crippen molar-refractivity contribution in [3.63, 3.8) is 0 Å². The summed E-state index contributed by atoms with van der Waals surface area (Å²) >= 11 is 0. The predicted octanol–water partition coefficient (Wildman–Crippen LogP) is 5.05. The van der Waals surface area contributed by atoms with E-state index in [0.29, 0.717) is 29.6 Å². The first-order valence-corrected chi connectivity index (χ1v) is 16.0. The van der Waals surface area contributed by atoms with Crippen LogP contribution >= 0.6 is 0 Å². The predicted molar refractivity (Wildman–Crippen MR) is 147 cm³/mol. The number of hydrogen-bond donors (Lipinski definition) is 4. The first-order chi connectivity index (χ1) is 18.0. The molecule has 4 aliphatic carbocycles. The van der Waals surface area contributed by atoms with Crippen molar-refractivity contribution in [1.82, 2.24) is 0 Å². The Bertz CT molecular complexity index is 820. The Morgan fingerprint density at radius 2 is 1.66 bits per heavy atom. The van der Waals surface area contributed by atoms with Crippen LogP contribution in [0.4, 0.5) is 0 Å². The summed E-state index contributed by atoms with van der Waals surface area (Å²) in [6.07, 6.45) is 8.93. The monoisotopic (exact) mass is 536 g/mol. The highest BCUT2D eigenvalue weighted by atomic mass is 16.7. The zero-order chi connectivity index (χ0) is 27.5. The minimum atomic E-state index is -1.22. The van der Waals surface area contributed by atoms with E-state index in [9.17, 15) is 20.4 Å². The molecular formula is C32H56O6. The van der Waals surface area contributed by atoms with Crippen molar-refractivity contribution >= 4 is 0 Å². The lowest BCUT2D eigenvalue weighted by Crippen LogP contribution is -2.68. The summed E-state index contributed by atoms with van der Waals surface area (Å²) in [5.74, 6) is 3.91. The molecule has 0 unspecified atom stereocenters. The van der Waals surface area contributed by atoms with E-state index in [1.807, 2.05) is 0 Å². The molecule has 38 heavy (non-hydrogen) atoms. The number of ether oxygens (including phenoxy) is 2. The summed E-state index contributed by atoms with van der Waals surface area (Å²) in [4.78, 5) is 0. The van der Waals surface area contributed by atoms with Gasteiger partial charge in [-0.05, 0) is 85.9 Å². The molecule has 0 aromatic heterocycles. The van der Waals surface area contributed by atoms with Gasteiger partial charge in [-0.3, -0.25) is 0 Å². The third kappa shape index (κ3) is 4.61. The van der Waals surface area contributed by atoms with Gasteiger partial charge in [0.2, 0.25) is 0 Å². The van der Waals surface area contributed by atoms with Gasteiger partial charge in [-0.15, -0.1) is 0 Å². The van der Waals surface area contributed by atoms with Gasteiger partial charge in [-0.1, -0.05) is 66.7 Å². The molecule has 0 radical (unpaired) electrons. The zero-order valence-corrected chi connectivity index (χ0v) is 24.6.